The van der Waals surface area contributed by atoms with Crippen LogP contribution in [0.5, 0.6) is 0 Å². The summed E-state index contributed by atoms with van der Waals surface area (Å²) in [5.74, 6) is 0. The lowest BCUT2D eigenvalue weighted by atomic mass is 10.1. The second-order valence-corrected chi connectivity index (χ2v) is 5.81. The van der Waals surface area contributed by atoms with Gasteiger partial charge in [-0.05, 0) is 17.5 Å². The fourth-order valence-electron chi connectivity index (χ4n) is 2.56. The molecule has 0 spiro atoms. The van der Waals surface area contributed by atoms with Crippen LogP contribution >= 0.6 is 0 Å². The molecule has 0 saturated heterocycles. The molecule has 0 saturated carbocycles. The molecule has 0 aromatic heterocycles. The van der Waals surface area contributed by atoms with Gasteiger partial charge >= 0.3 is 0 Å². The first-order valence-corrected chi connectivity index (χ1v) is 8.30. The molecule has 2 nitrogen and oxygen atoms in total. The van der Waals surface area contributed by atoms with E-state index < -0.39 is 6.17 Å². The van der Waals surface area contributed by atoms with Crippen LogP contribution in [0, 0.1) is 0 Å². The van der Waals surface area contributed by atoms with Crippen molar-refractivity contribution in [2.24, 2.45) is 0 Å². The van der Waals surface area contributed by atoms with E-state index in [1.165, 1.54) is 11.1 Å². The molecule has 124 valence electrons. The van der Waals surface area contributed by atoms with Crippen LogP contribution in [0.3, 0.4) is 0 Å². The fourth-order valence-corrected chi connectivity index (χ4v) is 2.56. The molecular formula is C20H26FNO. The van der Waals surface area contributed by atoms with E-state index in [9.17, 15) is 4.39 Å². The Kier molecular flexibility index (Phi) is 7.78. The smallest absolute Gasteiger partial charge is 0.136 e. The van der Waals surface area contributed by atoms with Gasteiger partial charge in [-0.25, -0.2) is 4.39 Å². The summed E-state index contributed by atoms with van der Waals surface area (Å²) in [6, 6.07) is 20.4. The summed E-state index contributed by atoms with van der Waals surface area (Å²) in [5, 5.41) is 0. The van der Waals surface area contributed by atoms with E-state index in [-0.39, 0.29) is 6.61 Å². The van der Waals surface area contributed by atoms with Crippen LogP contribution in [0.4, 0.5) is 4.39 Å². The average Bonchev–Trinajstić information content (AvgIpc) is 2.57. The SMILES string of the molecule is CCCOCC(F)CN(Cc1ccccc1)Cc1ccccc1. The Hall–Kier alpha value is -1.71. The first-order chi connectivity index (χ1) is 11.3. The van der Waals surface area contributed by atoms with Crippen molar-refractivity contribution in [3.63, 3.8) is 0 Å². The number of hydrogen-bond donors (Lipinski definition) is 0. The second-order valence-electron chi connectivity index (χ2n) is 5.81. The minimum Gasteiger partial charge on any atom is -0.378 e. The van der Waals surface area contributed by atoms with Gasteiger partial charge in [-0.1, -0.05) is 67.6 Å². The minimum atomic E-state index is -0.964. The number of ether oxygens (including phenoxy) is 1. The van der Waals surface area contributed by atoms with Gasteiger partial charge in [0, 0.05) is 26.2 Å². The Balaban J connectivity index is 1.96. The number of rotatable bonds is 10. The van der Waals surface area contributed by atoms with E-state index in [0.717, 1.165) is 19.5 Å². The molecule has 0 aliphatic rings. The summed E-state index contributed by atoms with van der Waals surface area (Å²) in [5.41, 5.74) is 2.40. The van der Waals surface area contributed by atoms with Gasteiger partial charge in [0.25, 0.3) is 0 Å². The van der Waals surface area contributed by atoms with Crippen LogP contribution in [-0.2, 0) is 17.8 Å². The first kappa shape index (κ1) is 17.6. The molecule has 0 radical (unpaired) electrons. The van der Waals surface area contributed by atoms with Crippen LogP contribution < -0.4 is 0 Å². The molecule has 0 amide bonds. The molecule has 2 aromatic rings. The number of nitrogens with zero attached hydrogens (tertiary/aromatic N) is 1. The molecule has 2 aromatic carbocycles. The highest BCUT2D eigenvalue weighted by Crippen LogP contribution is 2.12. The van der Waals surface area contributed by atoms with E-state index in [2.05, 4.69) is 29.2 Å². The van der Waals surface area contributed by atoms with Gasteiger partial charge in [0.1, 0.15) is 6.17 Å². The summed E-state index contributed by atoms with van der Waals surface area (Å²) in [6.45, 7) is 4.69. The quantitative estimate of drug-likeness (QED) is 0.600. The summed E-state index contributed by atoms with van der Waals surface area (Å²) < 4.78 is 19.6. The van der Waals surface area contributed by atoms with Gasteiger partial charge in [-0.2, -0.15) is 0 Å². The second kappa shape index (κ2) is 10.1. The van der Waals surface area contributed by atoms with Crippen molar-refractivity contribution in [3.8, 4) is 0 Å². The molecular weight excluding hydrogens is 289 g/mol. The third-order valence-electron chi connectivity index (χ3n) is 3.60. The Labute approximate surface area is 138 Å². The van der Waals surface area contributed by atoms with Gasteiger partial charge < -0.3 is 4.74 Å². The molecule has 3 heteroatoms. The van der Waals surface area contributed by atoms with E-state index in [0.29, 0.717) is 13.2 Å². The fraction of sp³-hybridized carbons (Fsp3) is 0.400. The van der Waals surface area contributed by atoms with Gasteiger partial charge in [-0.3, -0.25) is 4.90 Å². The van der Waals surface area contributed by atoms with Gasteiger partial charge in [0.2, 0.25) is 0 Å². The van der Waals surface area contributed by atoms with Crippen LogP contribution in [0.25, 0.3) is 0 Å². The predicted molar refractivity (Wildman–Crippen MR) is 93.0 cm³/mol. The minimum absolute atomic E-state index is 0.175. The number of halogens is 1. The standard InChI is InChI=1S/C20H26FNO/c1-2-13-23-17-20(21)16-22(14-18-9-5-3-6-10-18)15-19-11-7-4-8-12-19/h3-12,20H,2,13-17H2,1H3. The molecule has 0 aliphatic heterocycles. The molecule has 2 rings (SSSR count). The Bertz CT molecular complexity index is 490. The van der Waals surface area contributed by atoms with Crippen molar-refractivity contribution in [3.05, 3.63) is 71.8 Å². The van der Waals surface area contributed by atoms with E-state index in [4.69, 9.17) is 4.74 Å². The average molecular weight is 315 g/mol. The maximum atomic E-state index is 14.2. The van der Waals surface area contributed by atoms with Crippen molar-refractivity contribution in [2.75, 3.05) is 19.8 Å². The number of alkyl halides is 1. The van der Waals surface area contributed by atoms with Crippen molar-refractivity contribution in [1.29, 1.82) is 0 Å². The van der Waals surface area contributed by atoms with Crippen molar-refractivity contribution in [2.45, 2.75) is 32.6 Å². The maximum Gasteiger partial charge on any atom is 0.136 e. The largest absolute Gasteiger partial charge is 0.378 e. The Morgan fingerprint density at radius 3 is 1.91 bits per heavy atom. The Morgan fingerprint density at radius 1 is 0.913 bits per heavy atom. The lowest BCUT2D eigenvalue weighted by Crippen LogP contribution is -2.32. The number of benzene rings is 2. The third-order valence-corrected chi connectivity index (χ3v) is 3.60. The van der Waals surface area contributed by atoms with E-state index in [1.54, 1.807) is 0 Å². The van der Waals surface area contributed by atoms with Crippen LogP contribution in [0.1, 0.15) is 24.5 Å². The lowest BCUT2D eigenvalue weighted by molar-refractivity contribution is 0.0584. The highest BCUT2D eigenvalue weighted by atomic mass is 19.1. The molecule has 0 bridgehead atoms. The third kappa shape index (κ3) is 6.93. The van der Waals surface area contributed by atoms with Crippen LogP contribution in [0.15, 0.2) is 60.7 Å². The van der Waals surface area contributed by atoms with Crippen molar-refractivity contribution in [1.82, 2.24) is 4.90 Å². The molecule has 1 atom stereocenters. The summed E-state index contributed by atoms with van der Waals surface area (Å²) in [7, 11) is 0. The van der Waals surface area contributed by atoms with Crippen LogP contribution in [0.2, 0.25) is 0 Å². The monoisotopic (exact) mass is 315 g/mol. The normalized spacial score (nSPS) is 12.5. The highest BCUT2D eigenvalue weighted by molar-refractivity contribution is 5.17. The predicted octanol–water partition coefficient (Wildman–Crippen LogP) is 4.45. The zero-order valence-electron chi connectivity index (χ0n) is 13.8. The summed E-state index contributed by atoms with van der Waals surface area (Å²) in [4.78, 5) is 2.14. The zero-order valence-corrected chi connectivity index (χ0v) is 13.8. The number of hydrogen-bond acceptors (Lipinski definition) is 2. The molecule has 0 N–H and O–H groups in total. The van der Waals surface area contributed by atoms with Crippen LogP contribution in [-0.4, -0.2) is 30.8 Å². The van der Waals surface area contributed by atoms with Gasteiger partial charge in [0.15, 0.2) is 0 Å². The highest BCUT2D eigenvalue weighted by Gasteiger charge is 2.14. The summed E-state index contributed by atoms with van der Waals surface area (Å²) >= 11 is 0. The van der Waals surface area contributed by atoms with Gasteiger partial charge in [-0.15, -0.1) is 0 Å². The first-order valence-electron chi connectivity index (χ1n) is 8.30. The van der Waals surface area contributed by atoms with Crippen molar-refractivity contribution < 1.29 is 9.13 Å². The molecule has 0 fully saturated rings. The molecule has 0 heterocycles. The maximum absolute atomic E-state index is 14.2. The van der Waals surface area contributed by atoms with Crippen molar-refractivity contribution >= 4 is 0 Å². The lowest BCUT2D eigenvalue weighted by Gasteiger charge is -2.24. The molecule has 1 unspecified atom stereocenters. The van der Waals surface area contributed by atoms with E-state index >= 15 is 0 Å². The summed E-state index contributed by atoms with van der Waals surface area (Å²) in [6.07, 6.45) is -0.0428. The van der Waals surface area contributed by atoms with Gasteiger partial charge in [0.05, 0.1) is 6.61 Å². The topological polar surface area (TPSA) is 12.5 Å². The Morgan fingerprint density at radius 2 is 1.43 bits per heavy atom. The molecule has 23 heavy (non-hydrogen) atoms. The zero-order chi connectivity index (χ0) is 16.3. The molecule has 0 aliphatic carbocycles. The van der Waals surface area contributed by atoms with E-state index in [1.807, 2.05) is 43.3 Å².